The first-order chi connectivity index (χ1) is 12.5. The molecule has 0 radical (unpaired) electrons. The van der Waals surface area contributed by atoms with E-state index in [-0.39, 0.29) is 11.0 Å². The molecule has 1 aliphatic carbocycles. The van der Waals surface area contributed by atoms with E-state index in [0.29, 0.717) is 16.1 Å². The molecule has 3 rings (SSSR count). The molecule has 2 heterocycles. The van der Waals surface area contributed by atoms with Crippen LogP contribution in [0.1, 0.15) is 48.9 Å². The first-order valence-electron chi connectivity index (χ1n) is 8.15. The van der Waals surface area contributed by atoms with Crippen molar-refractivity contribution in [3.8, 4) is 0 Å². The number of hydrogen-bond donors (Lipinski definition) is 3. The predicted octanol–water partition coefficient (Wildman–Crippen LogP) is 3.41. The Labute approximate surface area is 164 Å². The van der Waals surface area contributed by atoms with Gasteiger partial charge in [0.2, 0.25) is 0 Å². The number of methoxy groups -OCH3 is 1. The molecule has 0 aromatic carbocycles. The molecule has 1 amide bonds. The van der Waals surface area contributed by atoms with Crippen LogP contribution in [0.25, 0.3) is 0 Å². The number of fused-ring (bicyclic) bond motifs is 1. The molecule has 6 nitrogen and oxygen atoms in total. The Hall–Kier alpha value is -1.97. The van der Waals surface area contributed by atoms with Gasteiger partial charge < -0.3 is 10.1 Å². The van der Waals surface area contributed by atoms with Gasteiger partial charge in [0.15, 0.2) is 5.11 Å². The summed E-state index contributed by atoms with van der Waals surface area (Å²) >= 11 is 8.24. The number of carbonyl (C=O) groups excluding carboxylic acids is 2. The summed E-state index contributed by atoms with van der Waals surface area (Å²) in [6.07, 6.45) is 4.30. The maximum atomic E-state index is 12.4. The van der Waals surface area contributed by atoms with Crippen LogP contribution >= 0.6 is 34.9 Å². The number of esters is 1. The third kappa shape index (κ3) is 4.05. The van der Waals surface area contributed by atoms with E-state index in [1.54, 1.807) is 17.4 Å². The molecule has 0 saturated heterocycles. The van der Waals surface area contributed by atoms with Gasteiger partial charge in [-0.05, 0) is 56.5 Å². The maximum Gasteiger partial charge on any atom is 0.340 e. The van der Waals surface area contributed by atoms with E-state index in [4.69, 9.17) is 17.0 Å². The number of hydrogen-bond acceptors (Lipinski definition) is 6. The minimum atomic E-state index is -0.436. The van der Waals surface area contributed by atoms with Crippen LogP contribution in [0, 0.1) is 6.92 Å². The summed E-state index contributed by atoms with van der Waals surface area (Å²) in [5, 5.41) is 5.62. The summed E-state index contributed by atoms with van der Waals surface area (Å²) in [4.78, 5) is 26.5. The van der Waals surface area contributed by atoms with E-state index in [0.717, 1.165) is 29.7 Å². The van der Waals surface area contributed by atoms with Crippen molar-refractivity contribution in [2.75, 3.05) is 12.4 Å². The van der Waals surface area contributed by atoms with Crippen LogP contribution in [0.15, 0.2) is 11.4 Å². The van der Waals surface area contributed by atoms with Gasteiger partial charge in [0.1, 0.15) is 5.00 Å². The number of nitrogens with one attached hydrogen (secondary N) is 3. The smallest absolute Gasteiger partial charge is 0.340 e. The Bertz CT molecular complexity index is 857. The average molecular weight is 410 g/mol. The van der Waals surface area contributed by atoms with E-state index >= 15 is 0 Å². The van der Waals surface area contributed by atoms with Crippen molar-refractivity contribution in [3.05, 3.63) is 37.9 Å². The highest BCUT2D eigenvalue weighted by molar-refractivity contribution is 7.80. The third-order valence-electron chi connectivity index (χ3n) is 4.08. The zero-order valence-electron chi connectivity index (χ0n) is 14.4. The van der Waals surface area contributed by atoms with Crippen LogP contribution < -0.4 is 16.2 Å². The SMILES string of the molecule is COC(=O)c1cc(C)sc1NC(=S)NNC(=O)c1csc2c1CCCC2. The van der Waals surface area contributed by atoms with Gasteiger partial charge in [-0.15, -0.1) is 22.7 Å². The first kappa shape index (κ1) is 18.8. The van der Waals surface area contributed by atoms with Crippen molar-refractivity contribution in [1.82, 2.24) is 10.9 Å². The molecule has 0 saturated carbocycles. The minimum absolute atomic E-state index is 0.203. The van der Waals surface area contributed by atoms with Crippen LogP contribution in [0.2, 0.25) is 0 Å². The molecule has 3 N–H and O–H groups in total. The summed E-state index contributed by atoms with van der Waals surface area (Å²) in [5.41, 5.74) is 7.61. The van der Waals surface area contributed by atoms with E-state index in [2.05, 4.69) is 16.2 Å². The van der Waals surface area contributed by atoms with Crippen LogP contribution in [0.3, 0.4) is 0 Å². The standard InChI is InChI=1S/C17H19N3O3S3/c1-9-7-11(16(22)23-2)15(26-9)18-17(24)20-19-14(21)12-8-25-13-6-4-3-5-10(12)13/h7-8H,3-6H2,1-2H3,(H,19,21)(H2,18,20,24). The number of hydrazine groups is 1. The van der Waals surface area contributed by atoms with E-state index in [9.17, 15) is 9.59 Å². The van der Waals surface area contributed by atoms with Gasteiger partial charge >= 0.3 is 5.97 Å². The Balaban J connectivity index is 1.60. The second-order valence-electron chi connectivity index (χ2n) is 5.88. The van der Waals surface area contributed by atoms with E-state index in [1.165, 1.54) is 29.7 Å². The predicted molar refractivity (Wildman–Crippen MR) is 108 cm³/mol. The van der Waals surface area contributed by atoms with Crippen LogP contribution in [0.4, 0.5) is 5.00 Å². The molecule has 2 aromatic rings. The van der Waals surface area contributed by atoms with Gasteiger partial charge in [-0.1, -0.05) is 0 Å². The van der Waals surface area contributed by atoms with Crippen LogP contribution in [-0.2, 0) is 17.6 Å². The van der Waals surface area contributed by atoms with Gasteiger partial charge in [-0.2, -0.15) is 0 Å². The van der Waals surface area contributed by atoms with Crippen LogP contribution in [0.5, 0.6) is 0 Å². The van der Waals surface area contributed by atoms with Crippen molar-refractivity contribution in [2.24, 2.45) is 0 Å². The number of carbonyl (C=O) groups is 2. The molecule has 0 atom stereocenters. The second-order valence-corrected chi connectivity index (χ2v) is 8.51. The van der Waals surface area contributed by atoms with Crippen molar-refractivity contribution in [1.29, 1.82) is 0 Å². The molecule has 1 aliphatic rings. The Kier molecular flexibility index (Phi) is 5.90. The highest BCUT2D eigenvalue weighted by atomic mass is 32.1. The number of aryl methyl sites for hydroxylation is 2. The molecular formula is C17H19N3O3S3. The van der Waals surface area contributed by atoms with Crippen molar-refractivity contribution in [2.45, 2.75) is 32.6 Å². The Morgan fingerprint density at radius 3 is 2.73 bits per heavy atom. The van der Waals surface area contributed by atoms with Gasteiger partial charge in [0.05, 0.1) is 18.2 Å². The largest absolute Gasteiger partial charge is 0.465 e. The lowest BCUT2D eigenvalue weighted by atomic mass is 9.96. The highest BCUT2D eigenvalue weighted by Crippen LogP contribution is 2.30. The normalized spacial score (nSPS) is 12.8. The quantitative estimate of drug-likeness (QED) is 0.410. The fourth-order valence-corrected chi connectivity index (χ4v) is 5.12. The zero-order valence-corrected chi connectivity index (χ0v) is 16.9. The number of thiophene rings is 2. The molecule has 9 heteroatoms. The molecule has 0 bridgehead atoms. The van der Waals surface area contributed by atoms with Crippen molar-refractivity contribution < 1.29 is 14.3 Å². The lowest BCUT2D eigenvalue weighted by molar-refractivity contribution is 0.0602. The lowest BCUT2D eigenvalue weighted by Crippen LogP contribution is -2.44. The fraction of sp³-hybridized carbons (Fsp3) is 0.353. The molecule has 0 aliphatic heterocycles. The molecule has 138 valence electrons. The fourth-order valence-electron chi connectivity index (χ4n) is 2.87. The van der Waals surface area contributed by atoms with E-state index in [1.807, 2.05) is 12.3 Å². The second kappa shape index (κ2) is 8.15. The maximum absolute atomic E-state index is 12.4. The monoisotopic (exact) mass is 409 g/mol. The third-order valence-corrected chi connectivity index (χ3v) is 6.34. The van der Waals surface area contributed by atoms with E-state index < -0.39 is 5.97 Å². The molecule has 2 aromatic heterocycles. The summed E-state index contributed by atoms with van der Waals surface area (Å²) in [6.45, 7) is 1.89. The molecule has 0 fully saturated rings. The average Bonchev–Trinajstić information content (AvgIpc) is 3.22. The number of rotatable bonds is 3. The first-order valence-corrected chi connectivity index (χ1v) is 10.3. The molecular weight excluding hydrogens is 390 g/mol. The van der Waals surface area contributed by atoms with Gasteiger partial charge in [0, 0.05) is 15.1 Å². The van der Waals surface area contributed by atoms with Crippen LogP contribution in [-0.4, -0.2) is 24.1 Å². The van der Waals surface area contributed by atoms with Crippen molar-refractivity contribution in [3.63, 3.8) is 0 Å². The molecule has 0 spiro atoms. The van der Waals surface area contributed by atoms with Gasteiger partial charge in [-0.25, -0.2) is 4.79 Å². The van der Waals surface area contributed by atoms with Crippen molar-refractivity contribution >= 4 is 56.9 Å². The molecule has 26 heavy (non-hydrogen) atoms. The number of anilines is 1. The van der Waals surface area contributed by atoms with Gasteiger partial charge in [0.25, 0.3) is 5.91 Å². The number of amides is 1. The highest BCUT2D eigenvalue weighted by Gasteiger charge is 2.20. The summed E-state index contributed by atoms with van der Waals surface area (Å²) in [6, 6.07) is 1.73. The molecule has 0 unspecified atom stereocenters. The minimum Gasteiger partial charge on any atom is -0.465 e. The lowest BCUT2D eigenvalue weighted by Gasteiger charge is -2.14. The summed E-state index contributed by atoms with van der Waals surface area (Å²) in [7, 11) is 1.33. The topological polar surface area (TPSA) is 79.5 Å². The summed E-state index contributed by atoms with van der Waals surface area (Å²) < 4.78 is 4.77. The Morgan fingerprint density at radius 1 is 1.19 bits per heavy atom. The number of thiocarbonyl (C=S) groups is 1. The van der Waals surface area contributed by atoms with Gasteiger partial charge in [-0.3, -0.25) is 15.6 Å². The number of ether oxygens (including phenoxy) is 1. The zero-order chi connectivity index (χ0) is 18.7. The Morgan fingerprint density at radius 2 is 1.96 bits per heavy atom. The summed E-state index contributed by atoms with van der Waals surface area (Å²) in [5.74, 6) is -0.641.